The third-order valence-corrected chi connectivity index (χ3v) is 5.69. The number of hydrogen-bond donors (Lipinski definition) is 1. The Hall–Kier alpha value is -3.86. The van der Waals surface area contributed by atoms with E-state index in [9.17, 15) is 14.7 Å². The number of aliphatic hydroxyl groups is 1. The van der Waals surface area contributed by atoms with E-state index >= 15 is 0 Å². The van der Waals surface area contributed by atoms with Crippen molar-refractivity contribution in [3.05, 3.63) is 100 Å². The molecule has 1 saturated heterocycles. The third kappa shape index (κ3) is 3.78. The van der Waals surface area contributed by atoms with Crippen molar-refractivity contribution in [1.29, 1.82) is 0 Å². The van der Waals surface area contributed by atoms with Crippen LogP contribution < -0.4 is 9.64 Å². The maximum atomic E-state index is 13.2. The Labute approximate surface area is 187 Å². The molecule has 3 aromatic rings. The second-order valence-corrected chi connectivity index (χ2v) is 8.15. The Morgan fingerprint density at radius 1 is 0.844 bits per heavy atom. The maximum absolute atomic E-state index is 13.2. The lowest BCUT2D eigenvalue weighted by Gasteiger charge is -2.26. The molecule has 0 aromatic heterocycles. The van der Waals surface area contributed by atoms with Gasteiger partial charge in [-0.15, -0.1) is 0 Å². The smallest absolute Gasteiger partial charge is 0.300 e. The van der Waals surface area contributed by atoms with Crippen LogP contribution in [0.1, 0.15) is 33.9 Å². The molecule has 1 amide bonds. The Morgan fingerprint density at radius 2 is 1.44 bits per heavy atom. The summed E-state index contributed by atoms with van der Waals surface area (Å²) in [5.74, 6) is -0.890. The number of aliphatic hydroxyl groups excluding tert-OH is 1. The molecule has 162 valence electrons. The number of carbonyl (C=O) groups is 2. The van der Waals surface area contributed by atoms with Crippen LogP contribution in [0.2, 0.25) is 0 Å². The molecule has 32 heavy (non-hydrogen) atoms. The zero-order valence-corrected chi connectivity index (χ0v) is 18.5. The van der Waals surface area contributed by atoms with Crippen LogP contribution in [0, 0.1) is 20.8 Å². The molecule has 3 aromatic carbocycles. The van der Waals surface area contributed by atoms with E-state index in [4.69, 9.17) is 4.74 Å². The number of Topliss-reactive ketones (excluding diaryl/α,β-unsaturated/α-hetero) is 1. The van der Waals surface area contributed by atoms with Gasteiger partial charge in [0, 0.05) is 11.3 Å². The van der Waals surface area contributed by atoms with Crippen LogP contribution in [0.25, 0.3) is 5.76 Å². The fourth-order valence-electron chi connectivity index (χ4n) is 4.16. The number of methoxy groups -OCH3 is 1. The Morgan fingerprint density at radius 3 is 2.00 bits per heavy atom. The number of hydrogen-bond acceptors (Lipinski definition) is 4. The van der Waals surface area contributed by atoms with Crippen LogP contribution in [0.3, 0.4) is 0 Å². The highest BCUT2D eigenvalue weighted by Gasteiger charge is 2.47. The standard InChI is InChI=1S/C27H25NO4/c1-16-5-7-20(8-6-16)25(29)23-24(19-9-11-22(32-4)12-10-19)28(27(31)26(23)30)21-14-17(2)13-18(3)15-21/h5-15,24,29H,1-4H3/b25-23+. The molecule has 1 atom stereocenters. The molecule has 0 aliphatic carbocycles. The molecule has 5 heteroatoms. The highest BCUT2D eigenvalue weighted by molar-refractivity contribution is 6.51. The second kappa shape index (κ2) is 8.35. The van der Waals surface area contributed by atoms with Crippen LogP contribution in [0.15, 0.2) is 72.3 Å². The minimum absolute atomic E-state index is 0.0724. The third-order valence-electron chi connectivity index (χ3n) is 5.69. The lowest BCUT2D eigenvalue weighted by Crippen LogP contribution is -2.29. The van der Waals surface area contributed by atoms with Gasteiger partial charge < -0.3 is 9.84 Å². The van der Waals surface area contributed by atoms with Crippen molar-refractivity contribution in [2.75, 3.05) is 12.0 Å². The fourth-order valence-corrected chi connectivity index (χ4v) is 4.16. The summed E-state index contributed by atoms with van der Waals surface area (Å²) in [4.78, 5) is 27.9. The van der Waals surface area contributed by atoms with Crippen LogP contribution in [0.4, 0.5) is 5.69 Å². The molecule has 5 nitrogen and oxygen atoms in total. The number of amides is 1. The molecule has 4 rings (SSSR count). The number of anilines is 1. The van der Waals surface area contributed by atoms with Gasteiger partial charge >= 0.3 is 0 Å². The average Bonchev–Trinajstić information content (AvgIpc) is 3.04. The molecule has 0 radical (unpaired) electrons. The Bertz CT molecular complexity index is 1200. The molecule has 0 saturated carbocycles. The van der Waals surface area contributed by atoms with E-state index in [1.165, 1.54) is 4.90 Å². The molecule has 1 N–H and O–H groups in total. The van der Waals surface area contributed by atoms with E-state index in [1.807, 2.05) is 63.2 Å². The normalized spacial score (nSPS) is 17.6. The molecule has 0 bridgehead atoms. The lowest BCUT2D eigenvalue weighted by atomic mass is 9.94. The van der Waals surface area contributed by atoms with E-state index in [0.717, 1.165) is 16.7 Å². The Balaban J connectivity index is 1.95. The van der Waals surface area contributed by atoms with Crippen molar-refractivity contribution < 1.29 is 19.4 Å². The van der Waals surface area contributed by atoms with E-state index in [-0.39, 0.29) is 11.3 Å². The predicted octanol–water partition coefficient (Wildman–Crippen LogP) is 5.25. The molecule has 1 aliphatic rings. The van der Waals surface area contributed by atoms with Gasteiger partial charge in [-0.2, -0.15) is 0 Å². The first kappa shape index (κ1) is 21.4. The van der Waals surface area contributed by atoms with Crippen molar-refractivity contribution in [2.45, 2.75) is 26.8 Å². The first-order valence-electron chi connectivity index (χ1n) is 10.4. The molecular weight excluding hydrogens is 402 g/mol. The largest absolute Gasteiger partial charge is 0.507 e. The van der Waals surface area contributed by atoms with Crippen LogP contribution in [-0.2, 0) is 9.59 Å². The number of aryl methyl sites for hydroxylation is 3. The van der Waals surface area contributed by atoms with Gasteiger partial charge in [0.25, 0.3) is 11.7 Å². The van der Waals surface area contributed by atoms with E-state index in [1.54, 1.807) is 31.4 Å². The summed E-state index contributed by atoms with van der Waals surface area (Å²) >= 11 is 0. The van der Waals surface area contributed by atoms with Crippen LogP contribution in [-0.4, -0.2) is 23.9 Å². The number of ether oxygens (including phenoxy) is 1. The van der Waals surface area contributed by atoms with Crippen LogP contribution >= 0.6 is 0 Å². The Kier molecular flexibility index (Phi) is 5.57. The zero-order chi connectivity index (χ0) is 23.0. The zero-order valence-electron chi connectivity index (χ0n) is 18.5. The molecule has 1 aliphatic heterocycles. The number of benzene rings is 3. The fraction of sp³-hybridized carbons (Fsp3) is 0.185. The summed E-state index contributed by atoms with van der Waals surface area (Å²) in [5, 5.41) is 11.2. The SMILES string of the molecule is COc1ccc(C2/C(=C(\O)c3ccc(C)cc3)C(=O)C(=O)N2c2cc(C)cc(C)c2)cc1. The van der Waals surface area contributed by atoms with Gasteiger partial charge in [-0.05, 0) is 61.7 Å². The van der Waals surface area contributed by atoms with Gasteiger partial charge in [0.05, 0.1) is 18.7 Å². The minimum atomic E-state index is -0.761. The second-order valence-electron chi connectivity index (χ2n) is 8.15. The van der Waals surface area contributed by atoms with Gasteiger partial charge in [-0.25, -0.2) is 0 Å². The summed E-state index contributed by atoms with van der Waals surface area (Å²) < 4.78 is 5.26. The van der Waals surface area contributed by atoms with Gasteiger partial charge in [-0.3, -0.25) is 14.5 Å². The van der Waals surface area contributed by atoms with Gasteiger partial charge in [0.1, 0.15) is 11.5 Å². The molecule has 0 spiro atoms. The number of carbonyl (C=O) groups excluding carboxylic acids is 2. The number of ketones is 1. The molecule has 1 heterocycles. The topological polar surface area (TPSA) is 66.8 Å². The monoisotopic (exact) mass is 427 g/mol. The van der Waals surface area contributed by atoms with E-state index in [2.05, 4.69) is 0 Å². The highest BCUT2D eigenvalue weighted by Crippen LogP contribution is 2.42. The summed E-state index contributed by atoms with van der Waals surface area (Å²) in [6.07, 6.45) is 0. The first-order chi connectivity index (χ1) is 15.3. The lowest BCUT2D eigenvalue weighted by molar-refractivity contribution is -0.132. The molecule has 1 fully saturated rings. The van der Waals surface area contributed by atoms with Gasteiger partial charge in [-0.1, -0.05) is 48.0 Å². The van der Waals surface area contributed by atoms with Crippen molar-refractivity contribution in [3.63, 3.8) is 0 Å². The summed E-state index contributed by atoms with van der Waals surface area (Å²) in [6, 6.07) is 19.4. The first-order valence-corrected chi connectivity index (χ1v) is 10.4. The summed E-state index contributed by atoms with van der Waals surface area (Å²) in [5.41, 5.74) is 4.88. The van der Waals surface area contributed by atoms with Crippen molar-refractivity contribution in [3.8, 4) is 5.75 Å². The van der Waals surface area contributed by atoms with Crippen molar-refractivity contribution in [2.24, 2.45) is 0 Å². The highest BCUT2D eigenvalue weighted by atomic mass is 16.5. The number of nitrogens with zero attached hydrogens (tertiary/aromatic N) is 1. The van der Waals surface area contributed by atoms with Gasteiger partial charge in [0.15, 0.2) is 0 Å². The average molecular weight is 428 g/mol. The van der Waals surface area contributed by atoms with E-state index < -0.39 is 17.7 Å². The predicted molar refractivity (Wildman–Crippen MR) is 125 cm³/mol. The summed E-state index contributed by atoms with van der Waals surface area (Å²) in [6.45, 7) is 5.84. The van der Waals surface area contributed by atoms with Crippen molar-refractivity contribution in [1.82, 2.24) is 0 Å². The van der Waals surface area contributed by atoms with E-state index in [0.29, 0.717) is 22.6 Å². The van der Waals surface area contributed by atoms with Crippen molar-refractivity contribution >= 4 is 23.1 Å². The maximum Gasteiger partial charge on any atom is 0.300 e. The molecular formula is C27H25NO4. The van der Waals surface area contributed by atoms with Gasteiger partial charge in [0.2, 0.25) is 0 Å². The summed E-state index contributed by atoms with van der Waals surface area (Å²) in [7, 11) is 1.58. The minimum Gasteiger partial charge on any atom is -0.507 e. The quantitative estimate of drug-likeness (QED) is 0.351. The molecule has 1 unspecified atom stereocenters. The van der Waals surface area contributed by atoms with Crippen LogP contribution in [0.5, 0.6) is 5.75 Å². The number of rotatable bonds is 4.